The van der Waals surface area contributed by atoms with E-state index in [0.29, 0.717) is 12.6 Å². The molecule has 98 valence electrons. The summed E-state index contributed by atoms with van der Waals surface area (Å²) in [7, 11) is 0. The molecule has 1 aliphatic carbocycles. The van der Waals surface area contributed by atoms with Crippen molar-refractivity contribution in [3.05, 3.63) is 0 Å². The molecular formula is C13H23NO3. The Hall–Kier alpha value is -0.610. The molecule has 4 nitrogen and oxygen atoms in total. The highest BCUT2D eigenvalue weighted by atomic mass is 16.4. The molecule has 3 unspecified atom stereocenters. The lowest BCUT2D eigenvalue weighted by Crippen LogP contribution is -2.49. The number of fused-ring (bicyclic) bond motifs is 1. The van der Waals surface area contributed by atoms with Crippen molar-refractivity contribution in [1.29, 1.82) is 0 Å². The van der Waals surface area contributed by atoms with Crippen molar-refractivity contribution in [3.8, 4) is 0 Å². The lowest BCUT2D eigenvalue weighted by molar-refractivity contribution is -0.139. The molecule has 0 radical (unpaired) electrons. The van der Waals surface area contributed by atoms with Gasteiger partial charge in [0.1, 0.15) is 0 Å². The van der Waals surface area contributed by atoms with E-state index in [1.54, 1.807) is 0 Å². The molecule has 17 heavy (non-hydrogen) atoms. The van der Waals surface area contributed by atoms with Crippen molar-refractivity contribution in [3.63, 3.8) is 0 Å². The predicted molar refractivity (Wildman–Crippen MR) is 64.8 cm³/mol. The Balaban J connectivity index is 1.87. The predicted octanol–water partition coefficient (Wildman–Crippen LogP) is 1.48. The molecule has 0 spiro atoms. The number of hydrogen-bond acceptors (Lipinski definition) is 3. The number of rotatable bonds is 4. The monoisotopic (exact) mass is 241 g/mol. The summed E-state index contributed by atoms with van der Waals surface area (Å²) >= 11 is 0. The molecule has 1 heterocycles. The number of hydrogen-bond donors (Lipinski definition) is 2. The van der Waals surface area contributed by atoms with E-state index in [1.165, 1.54) is 38.5 Å². The second kappa shape index (κ2) is 5.83. The Kier molecular flexibility index (Phi) is 4.40. The van der Waals surface area contributed by atoms with Gasteiger partial charge < -0.3 is 10.2 Å². The first-order valence-corrected chi connectivity index (χ1v) is 6.80. The molecule has 0 amide bonds. The number of likely N-dealkylation sites (tertiary alicyclic amines) is 1. The van der Waals surface area contributed by atoms with E-state index in [9.17, 15) is 9.90 Å². The molecule has 2 fully saturated rings. The first kappa shape index (κ1) is 12.8. The lowest BCUT2D eigenvalue weighted by atomic mass is 9.78. The van der Waals surface area contributed by atoms with Gasteiger partial charge in [-0.25, -0.2) is 0 Å². The van der Waals surface area contributed by atoms with Crippen LogP contribution in [0, 0.1) is 5.92 Å². The number of aliphatic hydroxyl groups excluding tert-OH is 1. The Labute approximate surface area is 103 Å². The van der Waals surface area contributed by atoms with Crippen molar-refractivity contribution in [2.45, 2.75) is 57.1 Å². The van der Waals surface area contributed by atoms with Crippen LogP contribution in [0.1, 0.15) is 44.9 Å². The Morgan fingerprint density at radius 1 is 1.24 bits per heavy atom. The third kappa shape index (κ3) is 3.42. The van der Waals surface area contributed by atoms with Gasteiger partial charge in [-0.1, -0.05) is 12.8 Å². The summed E-state index contributed by atoms with van der Waals surface area (Å²) < 4.78 is 0. The maximum Gasteiger partial charge on any atom is 0.306 e. The van der Waals surface area contributed by atoms with Crippen molar-refractivity contribution >= 4 is 5.97 Å². The second-order valence-electron chi connectivity index (χ2n) is 5.50. The quantitative estimate of drug-likeness (QED) is 0.782. The van der Waals surface area contributed by atoms with Gasteiger partial charge in [0.15, 0.2) is 0 Å². The summed E-state index contributed by atoms with van der Waals surface area (Å²) in [6.45, 7) is 1.56. The molecule has 0 aromatic rings. The van der Waals surface area contributed by atoms with E-state index in [0.717, 1.165) is 12.5 Å². The van der Waals surface area contributed by atoms with Crippen molar-refractivity contribution in [2.24, 2.45) is 5.92 Å². The number of carboxylic acids is 1. The van der Waals surface area contributed by atoms with Gasteiger partial charge in [-0.3, -0.25) is 9.69 Å². The average Bonchev–Trinajstić information content (AvgIpc) is 2.28. The molecule has 1 saturated carbocycles. The third-order valence-electron chi connectivity index (χ3n) is 4.21. The number of piperidine rings is 1. The topological polar surface area (TPSA) is 60.8 Å². The lowest BCUT2D eigenvalue weighted by Gasteiger charge is -2.44. The minimum atomic E-state index is -0.908. The minimum Gasteiger partial charge on any atom is -0.481 e. The standard InChI is InChI=1S/C13H23NO3/c15-11(8-13(16)17)9-14-7-3-5-10-4-1-2-6-12(10)14/h10-12,15H,1-9H2,(H,16,17). The van der Waals surface area contributed by atoms with Gasteiger partial charge in [0.25, 0.3) is 0 Å². The minimum absolute atomic E-state index is 0.131. The fraction of sp³-hybridized carbons (Fsp3) is 0.923. The summed E-state index contributed by atoms with van der Waals surface area (Å²) in [6.07, 6.45) is 6.83. The van der Waals surface area contributed by atoms with E-state index in [-0.39, 0.29) is 6.42 Å². The molecule has 0 aromatic heterocycles. The van der Waals surface area contributed by atoms with Crippen LogP contribution in [0.4, 0.5) is 0 Å². The molecule has 1 aliphatic heterocycles. The summed E-state index contributed by atoms with van der Waals surface area (Å²) in [5.74, 6) is -0.121. The van der Waals surface area contributed by atoms with Crippen LogP contribution in [0.2, 0.25) is 0 Å². The highest BCUT2D eigenvalue weighted by molar-refractivity contribution is 5.67. The number of carbonyl (C=O) groups is 1. The van der Waals surface area contributed by atoms with Crippen LogP contribution in [0.5, 0.6) is 0 Å². The summed E-state index contributed by atoms with van der Waals surface area (Å²) in [5.41, 5.74) is 0. The van der Waals surface area contributed by atoms with Crippen LogP contribution in [0.15, 0.2) is 0 Å². The van der Waals surface area contributed by atoms with E-state index < -0.39 is 12.1 Å². The molecule has 2 N–H and O–H groups in total. The molecule has 2 aliphatic rings. The molecule has 2 rings (SSSR count). The number of carboxylic acid groups (broad SMARTS) is 1. The maximum absolute atomic E-state index is 10.6. The van der Waals surface area contributed by atoms with Crippen molar-refractivity contribution in [2.75, 3.05) is 13.1 Å². The van der Waals surface area contributed by atoms with Crippen LogP contribution in [0.25, 0.3) is 0 Å². The van der Waals surface area contributed by atoms with Gasteiger partial charge in [-0.2, -0.15) is 0 Å². The number of aliphatic carboxylic acids is 1. The van der Waals surface area contributed by atoms with Gasteiger partial charge in [-0.05, 0) is 38.1 Å². The maximum atomic E-state index is 10.6. The van der Waals surface area contributed by atoms with E-state index in [1.807, 2.05) is 0 Å². The zero-order valence-corrected chi connectivity index (χ0v) is 10.3. The molecule has 4 heteroatoms. The van der Waals surface area contributed by atoms with Gasteiger partial charge in [0.2, 0.25) is 0 Å². The highest BCUT2D eigenvalue weighted by Gasteiger charge is 2.33. The highest BCUT2D eigenvalue weighted by Crippen LogP contribution is 2.35. The Morgan fingerprint density at radius 3 is 2.71 bits per heavy atom. The zero-order valence-electron chi connectivity index (χ0n) is 10.3. The second-order valence-corrected chi connectivity index (χ2v) is 5.50. The van der Waals surface area contributed by atoms with E-state index in [4.69, 9.17) is 5.11 Å². The first-order valence-electron chi connectivity index (χ1n) is 6.80. The Bertz CT molecular complexity index is 267. The van der Waals surface area contributed by atoms with Crippen molar-refractivity contribution < 1.29 is 15.0 Å². The summed E-state index contributed by atoms with van der Waals surface area (Å²) in [4.78, 5) is 12.9. The molecule has 1 saturated heterocycles. The fourth-order valence-electron chi connectivity index (χ4n) is 3.49. The first-order chi connectivity index (χ1) is 8.16. The number of aliphatic hydroxyl groups is 1. The average molecular weight is 241 g/mol. The molecule has 0 bridgehead atoms. The van der Waals surface area contributed by atoms with Gasteiger partial charge in [0, 0.05) is 12.6 Å². The van der Waals surface area contributed by atoms with Crippen LogP contribution in [-0.4, -0.2) is 46.3 Å². The largest absolute Gasteiger partial charge is 0.481 e. The molecule has 0 aromatic carbocycles. The van der Waals surface area contributed by atoms with E-state index in [2.05, 4.69) is 4.90 Å². The summed E-state index contributed by atoms with van der Waals surface area (Å²) in [6, 6.07) is 0.598. The van der Waals surface area contributed by atoms with Gasteiger partial charge in [0.05, 0.1) is 12.5 Å². The van der Waals surface area contributed by atoms with E-state index >= 15 is 0 Å². The normalized spacial score (nSPS) is 31.8. The zero-order chi connectivity index (χ0) is 12.3. The van der Waals surface area contributed by atoms with Crippen LogP contribution in [-0.2, 0) is 4.79 Å². The van der Waals surface area contributed by atoms with Gasteiger partial charge in [-0.15, -0.1) is 0 Å². The van der Waals surface area contributed by atoms with Gasteiger partial charge >= 0.3 is 5.97 Å². The third-order valence-corrected chi connectivity index (χ3v) is 4.21. The number of β-amino-alcohol motifs (C(OH)–C–C–N with tert-alkyl or cyclic N) is 1. The molecule has 3 atom stereocenters. The SMILES string of the molecule is O=C(O)CC(O)CN1CCCC2CCCCC21. The number of nitrogens with zero attached hydrogens (tertiary/aromatic N) is 1. The van der Waals surface area contributed by atoms with Crippen LogP contribution < -0.4 is 0 Å². The summed E-state index contributed by atoms with van der Waals surface area (Å²) in [5, 5.41) is 18.4. The van der Waals surface area contributed by atoms with Crippen LogP contribution >= 0.6 is 0 Å². The molecular weight excluding hydrogens is 218 g/mol. The van der Waals surface area contributed by atoms with Crippen molar-refractivity contribution in [1.82, 2.24) is 4.90 Å². The fourth-order valence-corrected chi connectivity index (χ4v) is 3.49. The smallest absolute Gasteiger partial charge is 0.306 e. The van der Waals surface area contributed by atoms with Crippen LogP contribution in [0.3, 0.4) is 0 Å². The Morgan fingerprint density at radius 2 is 1.94 bits per heavy atom.